The third-order valence-electron chi connectivity index (χ3n) is 2.90. The highest BCUT2D eigenvalue weighted by Crippen LogP contribution is 2.36. The van der Waals surface area contributed by atoms with Crippen LogP contribution in [0.3, 0.4) is 0 Å². The predicted molar refractivity (Wildman–Crippen MR) is 82.1 cm³/mol. The first-order chi connectivity index (χ1) is 10.9. The summed E-state index contributed by atoms with van der Waals surface area (Å²) < 4.78 is 38.3. The largest absolute Gasteiger partial charge is 0.489 e. The number of esters is 1. The second-order valence-corrected chi connectivity index (χ2v) is 5.13. The number of rotatable bonds is 4. The molecule has 0 radical (unpaired) electrons. The number of ether oxygens (including phenoxy) is 2. The first kappa shape index (κ1) is 17.4. The Labute approximate surface area is 140 Å². The smallest absolute Gasteiger partial charge is 0.358 e. The van der Waals surface area contributed by atoms with Gasteiger partial charge in [0.05, 0.1) is 23.8 Å². The monoisotopic (exact) mass is 361 g/mol. The molecule has 0 amide bonds. The minimum absolute atomic E-state index is 0.0377. The molecule has 1 aromatic heterocycles. The molecule has 2 aromatic rings. The van der Waals surface area contributed by atoms with Crippen molar-refractivity contribution in [1.82, 2.24) is 4.98 Å². The van der Waals surface area contributed by atoms with E-state index < -0.39 is 23.3 Å². The zero-order valence-electron chi connectivity index (χ0n) is 12.1. The SMILES string of the molecule is CCOc1c(Cl)ccc(-c2nc(C(=O)OC)c(Cl)cc2F)c1F. The van der Waals surface area contributed by atoms with Gasteiger partial charge in [-0.25, -0.2) is 18.6 Å². The molecule has 23 heavy (non-hydrogen) atoms. The lowest BCUT2D eigenvalue weighted by Gasteiger charge is -2.12. The van der Waals surface area contributed by atoms with E-state index in [9.17, 15) is 13.6 Å². The van der Waals surface area contributed by atoms with Crippen LogP contribution in [0.5, 0.6) is 5.75 Å². The van der Waals surface area contributed by atoms with Crippen molar-refractivity contribution in [2.45, 2.75) is 6.92 Å². The number of nitrogens with zero attached hydrogens (tertiary/aromatic N) is 1. The molecule has 4 nitrogen and oxygen atoms in total. The number of aromatic nitrogens is 1. The van der Waals surface area contributed by atoms with E-state index in [1.807, 2.05) is 0 Å². The zero-order valence-corrected chi connectivity index (χ0v) is 13.6. The minimum Gasteiger partial charge on any atom is -0.489 e. The number of benzene rings is 1. The van der Waals surface area contributed by atoms with Gasteiger partial charge in [-0.3, -0.25) is 0 Å². The van der Waals surface area contributed by atoms with Crippen molar-refractivity contribution in [2.75, 3.05) is 13.7 Å². The molecule has 1 aromatic carbocycles. The van der Waals surface area contributed by atoms with Crippen LogP contribution < -0.4 is 4.74 Å². The van der Waals surface area contributed by atoms with Crippen LogP contribution in [0.1, 0.15) is 17.4 Å². The third kappa shape index (κ3) is 3.38. The maximum atomic E-state index is 14.5. The van der Waals surface area contributed by atoms with E-state index in [1.54, 1.807) is 6.92 Å². The van der Waals surface area contributed by atoms with Gasteiger partial charge in [0, 0.05) is 5.56 Å². The van der Waals surface area contributed by atoms with Crippen molar-refractivity contribution in [3.05, 3.63) is 45.6 Å². The number of hydrogen-bond acceptors (Lipinski definition) is 4. The van der Waals surface area contributed by atoms with E-state index in [-0.39, 0.29) is 33.7 Å². The van der Waals surface area contributed by atoms with E-state index in [0.29, 0.717) is 0 Å². The van der Waals surface area contributed by atoms with E-state index in [4.69, 9.17) is 27.9 Å². The molecule has 0 saturated carbocycles. The fourth-order valence-corrected chi connectivity index (χ4v) is 2.30. The maximum absolute atomic E-state index is 14.5. The number of hydrogen-bond donors (Lipinski definition) is 0. The number of carbonyl (C=O) groups excluding carboxylic acids is 1. The summed E-state index contributed by atoms with van der Waals surface area (Å²) in [7, 11) is 1.12. The van der Waals surface area contributed by atoms with Crippen molar-refractivity contribution >= 4 is 29.2 Å². The molecule has 0 unspecified atom stereocenters. The molecule has 0 aliphatic carbocycles. The minimum atomic E-state index is -0.897. The van der Waals surface area contributed by atoms with Gasteiger partial charge in [0.2, 0.25) is 0 Å². The van der Waals surface area contributed by atoms with Gasteiger partial charge < -0.3 is 9.47 Å². The van der Waals surface area contributed by atoms with Gasteiger partial charge in [0.25, 0.3) is 0 Å². The summed E-state index contributed by atoms with van der Waals surface area (Å²) in [5.74, 6) is -2.87. The van der Waals surface area contributed by atoms with E-state index >= 15 is 0 Å². The summed E-state index contributed by atoms with van der Waals surface area (Å²) in [6.07, 6.45) is 0. The van der Waals surface area contributed by atoms with Crippen molar-refractivity contribution < 1.29 is 23.0 Å². The number of halogens is 4. The van der Waals surface area contributed by atoms with Gasteiger partial charge in [0.1, 0.15) is 5.69 Å². The summed E-state index contributed by atoms with van der Waals surface area (Å²) in [6.45, 7) is 1.82. The molecule has 0 fully saturated rings. The van der Waals surface area contributed by atoms with E-state index in [1.165, 1.54) is 12.1 Å². The molecule has 2 rings (SSSR count). The molecule has 0 aliphatic heterocycles. The van der Waals surface area contributed by atoms with Crippen LogP contribution in [0, 0.1) is 11.6 Å². The Bertz CT molecular complexity index is 769. The van der Waals surface area contributed by atoms with Crippen LogP contribution in [-0.4, -0.2) is 24.7 Å². The van der Waals surface area contributed by atoms with E-state index in [2.05, 4.69) is 9.72 Å². The zero-order chi connectivity index (χ0) is 17.1. The number of methoxy groups -OCH3 is 1. The van der Waals surface area contributed by atoms with Gasteiger partial charge in [-0.1, -0.05) is 23.2 Å². The summed E-state index contributed by atoms with van der Waals surface area (Å²) >= 11 is 11.6. The Balaban J connectivity index is 2.67. The highest BCUT2D eigenvalue weighted by molar-refractivity contribution is 6.33. The molecular weight excluding hydrogens is 351 g/mol. The molecule has 0 bridgehead atoms. The van der Waals surface area contributed by atoms with E-state index in [0.717, 1.165) is 13.2 Å². The molecule has 0 N–H and O–H groups in total. The lowest BCUT2D eigenvalue weighted by Crippen LogP contribution is -2.08. The maximum Gasteiger partial charge on any atom is 0.358 e. The molecule has 8 heteroatoms. The van der Waals surface area contributed by atoms with Crippen LogP contribution in [0.15, 0.2) is 18.2 Å². The molecule has 1 heterocycles. The highest BCUT2D eigenvalue weighted by Gasteiger charge is 2.22. The summed E-state index contributed by atoms with van der Waals surface area (Å²) in [4.78, 5) is 15.4. The van der Waals surface area contributed by atoms with Crippen molar-refractivity contribution in [3.63, 3.8) is 0 Å². The molecule has 0 aliphatic rings. The van der Waals surface area contributed by atoms with Crippen LogP contribution in [0.25, 0.3) is 11.3 Å². The molecule has 0 saturated heterocycles. The third-order valence-corrected chi connectivity index (χ3v) is 3.49. The molecule has 0 spiro atoms. The van der Waals surface area contributed by atoms with Crippen LogP contribution >= 0.6 is 23.2 Å². The predicted octanol–water partition coefficient (Wildman–Crippen LogP) is 4.52. The lowest BCUT2D eigenvalue weighted by atomic mass is 10.1. The standard InChI is InChI=1S/C15H11Cl2F2NO3/c1-3-23-14-8(16)5-4-7(11(14)19)12-10(18)6-9(17)13(20-12)15(21)22-2/h4-6H,3H2,1-2H3. The van der Waals surface area contributed by atoms with Crippen molar-refractivity contribution in [2.24, 2.45) is 0 Å². The Morgan fingerprint density at radius 2 is 1.96 bits per heavy atom. The van der Waals surface area contributed by atoms with Crippen LogP contribution in [0.2, 0.25) is 10.0 Å². The van der Waals surface area contributed by atoms with Crippen molar-refractivity contribution in [3.8, 4) is 17.0 Å². The first-order valence-corrected chi connectivity index (χ1v) is 7.21. The van der Waals surface area contributed by atoms with Gasteiger partial charge in [-0.2, -0.15) is 0 Å². The molecular formula is C15H11Cl2F2NO3. The molecule has 0 atom stereocenters. The summed E-state index contributed by atoms with van der Waals surface area (Å²) in [6, 6.07) is 3.45. The Morgan fingerprint density at radius 1 is 1.26 bits per heavy atom. The topological polar surface area (TPSA) is 48.4 Å². The fraction of sp³-hybridized carbons (Fsp3) is 0.200. The summed E-state index contributed by atoms with van der Waals surface area (Å²) in [5.41, 5.74) is -0.931. The highest BCUT2D eigenvalue weighted by atomic mass is 35.5. The average Bonchev–Trinajstić information content (AvgIpc) is 2.52. The fourth-order valence-electron chi connectivity index (χ4n) is 1.89. The van der Waals surface area contributed by atoms with Crippen LogP contribution in [-0.2, 0) is 4.74 Å². The second-order valence-electron chi connectivity index (χ2n) is 4.31. The average molecular weight is 362 g/mol. The summed E-state index contributed by atoms with van der Waals surface area (Å²) in [5, 5.41) is -0.201. The van der Waals surface area contributed by atoms with Gasteiger partial charge in [-0.15, -0.1) is 0 Å². The Hall–Kier alpha value is -1.92. The Kier molecular flexibility index (Phi) is 5.38. The lowest BCUT2D eigenvalue weighted by molar-refractivity contribution is 0.0594. The van der Waals surface area contributed by atoms with Crippen molar-refractivity contribution in [1.29, 1.82) is 0 Å². The quantitative estimate of drug-likeness (QED) is 0.751. The Morgan fingerprint density at radius 3 is 2.57 bits per heavy atom. The normalized spacial score (nSPS) is 10.5. The number of pyridine rings is 1. The second kappa shape index (κ2) is 7.10. The number of carbonyl (C=O) groups is 1. The molecule has 122 valence electrons. The van der Waals surface area contributed by atoms with Crippen LogP contribution in [0.4, 0.5) is 8.78 Å². The van der Waals surface area contributed by atoms with Gasteiger partial charge in [0.15, 0.2) is 23.1 Å². The van der Waals surface area contributed by atoms with Gasteiger partial charge in [-0.05, 0) is 25.1 Å². The first-order valence-electron chi connectivity index (χ1n) is 6.46. The van der Waals surface area contributed by atoms with Gasteiger partial charge >= 0.3 is 5.97 Å².